The maximum Gasteiger partial charge on any atom is 0.227 e. The molecule has 5 nitrogen and oxygen atoms in total. The van der Waals surface area contributed by atoms with Crippen molar-refractivity contribution in [3.63, 3.8) is 0 Å². The summed E-state index contributed by atoms with van der Waals surface area (Å²) >= 11 is 0. The molecule has 1 amide bonds. The van der Waals surface area contributed by atoms with E-state index in [4.69, 9.17) is 4.74 Å². The Balaban J connectivity index is 1.71. The zero-order valence-electron chi connectivity index (χ0n) is 13.9. The van der Waals surface area contributed by atoms with E-state index in [0.29, 0.717) is 11.5 Å². The van der Waals surface area contributed by atoms with Gasteiger partial charge in [-0.3, -0.25) is 4.79 Å². The van der Waals surface area contributed by atoms with Crippen molar-refractivity contribution < 1.29 is 9.53 Å². The van der Waals surface area contributed by atoms with Crippen LogP contribution in [0.3, 0.4) is 0 Å². The molecule has 1 aliphatic rings. The Morgan fingerprint density at radius 1 is 1.12 bits per heavy atom. The van der Waals surface area contributed by atoms with E-state index >= 15 is 0 Å². The molecule has 0 spiro atoms. The van der Waals surface area contributed by atoms with Gasteiger partial charge in [0.1, 0.15) is 5.75 Å². The van der Waals surface area contributed by atoms with E-state index in [9.17, 15) is 4.79 Å². The van der Waals surface area contributed by atoms with Crippen molar-refractivity contribution in [1.29, 1.82) is 0 Å². The number of ether oxygens (including phenoxy) is 1. The number of anilines is 3. The highest BCUT2D eigenvalue weighted by molar-refractivity contribution is 5.95. The highest BCUT2D eigenvalue weighted by Crippen LogP contribution is 2.28. The van der Waals surface area contributed by atoms with Crippen LogP contribution in [0, 0.1) is 5.92 Å². The maximum atomic E-state index is 12.5. The van der Waals surface area contributed by atoms with Gasteiger partial charge in [0, 0.05) is 17.8 Å². The van der Waals surface area contributed by atoms with E-state index in [1.54, 1.807) is 13.3 Å². The standard InChI is InChI=1S/C19H23N3O2/c1-24-16-11-9-15(10-12-16)21-18-17(8-5-13-20-18)22-19(23)14-6-3-2-4-7-14/h5,8-14H,2-4,6-7H2,1H3,(H,20,21)(H,22,23). The van der Waals surface area contributed by atoms with Crippen molar-refractivity contribution in [2.24, 2.45) is 5.92 Å². The van der Waals surface area contributed by atoms with Crippen molar-refractivity contribution in [2.75, 3.05) is 17.7 Å². The summed E-state index contributed by atoms with van der Waals surface area (Å²) in [5, 5.41) is 6.29. The number of carbonyl (C=O) groups excluding carboxylic acids is 1. The van der Waals surface area contributed by atoms with E-state index in [2.05, 4.69) is 15.6 Å². The fourth-order valence-corrected chi connectivity index (χ4v) is 3.02. The predicted molar refractivity (Wildman–Crippen MR) is 95.7 cm³/mol. The van der Waals surface area contributed by atoms with Crippen molar-refractivity contribution in [1.82, 2.24) is 4.98 Å². The Morgan fingerprint density at radius 2 is 1.88 bits per heavy atom. The number of hydrogen-bond donors (Lipinski definition) is 2. The summed E-state index contributed by atoms with van der Waals surface area (Å²) in [5.41, 5.74) is 1.60. The molecule has 126 valence electrons. The molecule has 0 aliphatic heterocycles. The van der Waals surface area contributed by atoms with Crippen LogP contribution in [0.15, 0.2) is 42.6 Å². The quantitative estimate of drug-likeness (QED) is 0.857. The summed E-state index contributed by atoms with van der Waals surface area (Å²) in [6, 6.07) is 11.3. The van der Waals surface area contributed by atoms with Gasteiger partial charge >= 0.3 is 0 Å². The molecule has 3 rings (SSSR count). The molecule has 2 N–H and O–H groups in total. The fourth-order valence-electron chi connectivity index (χ4n) is 3.02. The van der Waals surface area contributed by atoms with Crippen molar-refractivity contribution in [2.45, 2.75) is 32.1 Å². The minimum Gasteiger partial charge on any atom is -0.497 e. The number of hydrogen-bond acceptors (Lipinski definition) is 4. The zero-order valence-corrected chi connectivity index (χ0v) is 13.9. The van der Waals surface area contributed by atoms with E-state index in [0.717, 1.165) is 37.1 Å². The van der Waals surface area contributed by atoms with Crippen LogP contribution in [0.1, 0.15) is 32.1 Å². The fraction of sp³-hybridized carbons (Fsp3) is 0.368. The molecule has 2 aromatic rings. The van der Waals surface area contributed by atoms with Gasteiger partial charge < -0.3 is 15.4 Å². The number of pyridine rings is 1. The first-order valence-corrected chi connectivity index (χ1v) is 8.43. The Labute approximate surface area is 142 Å². The van der Waals surface area contributed by atoms with Crippen molar-refractivity contribution in [3.8, 4) is 5.75 Å². The van der Waals surface area contributed by atoms with Crippen LogP contribution < -0.4 is 15.4 Å². The van der Waals surface area contributed by atoms with E-state index in [-0.39, 0.29) is 11.8 Å². The Kier molecular flexibility index (Phi) is 5.31. The normalized spacial score (nSPS) is 14.9. The molecular weight excluding hydrogens is 302 g/mol. The van der Waals surface area contributed by atoms with Gasteiger partial charge in [-0.2, -0.15) is 0 Å². The smallest absolute Gasteiger partial charge is 0.227 e. The Morgan fingerprint density at radius 3 is 2.58 bits per heavy atom. The molecule has 0 radical (unpaired) electrons. The summed E-state index contributed by atoms with van der Waals surface area (Å²) in [6.45, 7) is 0. The maximum absolute atomic E-state index is 12.5. The van der Waals surface area contributed by atoms with E-state index in [1.807, 2.05) is 36.4 Å². The molecule has 1 aromatic heterocycles. The van der Waals surface area contributed by atoms with Gasteiger partial charge in [-0.25, -0.2) is 4.98 Å². The lowest BCUT2D eigenvalue weighted by Crippen LogP contribution is -2.25. The lowest BCUT2D eigenvalue weighted by molar-refractivity contribution is -0.120. The average molecular weight is 325 g/mol. The summed E-state index contributed by atoms with van der Waals surface area (Å²) < 4.78 is 5.16. The van der Waals surface area contributed by atoms with Crippen LogP contribution in [-0.2, 0) is 4.79 Å². The minimum absolute atomic E-state index is 0.0977. The summed E-state index contributed by atoms with van der Waals surface area (Å²) in [6.07, 6.45) is 7.19. The van der Waals surface area contributed by atoms with Gasteiger partial charge in [0.15, 0.2) is 5.82 Å². The van der Waals surface area contributed by atoms with Crippen molar-refractivity contribution in [3.05, 3.63) is 42.6 Å². The number of benzene rings is 1. The first-order valence-electron chi connectivity index (χ1n) is 8.43. The Bertz CT molecular complexity index is 679. The number of carbonyl (C=O) groups is 1. The highest BCUT2D eigenvalue weighted by Gasteiger charge is 2.21. The number of methoxy groups -OCH3 is 1. The van der Waals surface area contributed by atoms with Gasteiger partial charge in [0.2, 0.25) is 5.91 Å². The SMILES string of the molecule is COc1ccc(Nc2ncccc2NC(=O)C2CCCCC2)cc1. The predicted octanol–water partition coefficient (Wildman–Crippen LogP) is 4.35. The molecule has 1 aromatic carbocycles. The third-order valence-corrected chi connectivity index (χ3v) is 4.39. The molecule has 0 saturated heterocycles. The second-order valence-electron chi connectivity index (χ2n) is 6.08. The second-order valence-corrected chi connectivity index (χ2v) is 6.08. The largest absolute Gasteiger partial charge is 0.497 e. The Hall–Kier alpha value is -2.56. The number of nitrogens with zero attached hydrogens (tertiary/aromatic N) is 1. The number of amides is 1. The highest BCUT2D eigenvalue weighted by atomic mass is 16.5. The van der Waals surface area contributed by atoms with Crippen LogP contribution >= 0.6 is 0 Å². The molecular formula is C19H23N3O2. The minimum atomic E-state index is 0.0977. The van der Waals surface area contributed by atoms with Crippen LogP contribution in [0.5, 0.6) is 5.75 Å². The van der Waals surface area contributed by atoms with Crippen LogP contribution in [0.25, 0.3) is 0 Å². The number of aromatic nitrogens is 1. The second kappa shape index (κ2) is 7.81. The molecule has 1 heterocycles. The van der Waals surface area contributed by atoms with Gasteiger partial charge in [-0.1, -0.05) is 19.3 Å². The lowest BCUT2D eigenvalue weighted by Gasteiger charge is -2.21. The summed E-state index contributed by atoms with van der Waals surface area (Å²) in [5.74, 6) is 1.66. The molecule has 1 saturated carbocycles. The average Bonchev–Trinajstić information content (AvgIpc) is 2.64. The van der Waals surface area contributed by atoms with Gasteiger partial charge in [0.25, 0.3) is 0 Å². The van der Waals surface area contributed by atoms with E-state index in [1.165, 1.54) is 6.42 Å². The molecule has 24 heavy (non-hydrogen) atoms. The zero-order chi connectivity index (χ0) is 16.8. The number of rotatable bonds is 5. The summed E-state index contributed by atoms with van der Waals surface area (Å²) in [7, 11) is 1.64. The van der Waals surface area contributed by atoms with E-state index < -0.39 is 0 Å². The van der Waals surface area contributed by atoms with Crippen LogP contribution in [-0.4, -0.2) is 18.0 Å². The van der Waals surface area contributed by atoms with Crippen molar-refractivity contribution >= 4 is 23.1 Å². The third-order valence-electron chi connectivity index (χ3n) is 4.39. The van der Waals surface area contributed by atoms with Gasteiger partial charge in [-0.15, -0.1) is 0 Å². The molecule has 1 aliphatic carbocycles. The van der Waals surface area contributed by atoms with Gasteiger partial charge in [-0.05, 0) is 49.2 Å². The topological polar surface area (TPSA) is 63.2 Å². The molecule has 5 heteroatoms. The monoisotopic (exact) mass is 325 g/mol. The molecule has 0 unspecified atom stereocenters. The van der Waals surface area contributed by atoms with Gasteiger partial charge in [0.05, 0.1) is 12.8 Å². The van der Waals surface area contributed by atoms with Crippen LogP contribution in [0.4, 0.5) is 17.2 Å². The summed E-state index contributed by atoms with van der Waals surface area (Å²) in [4.78, 5) is 16.8. The molecule has 1 fully saturated rings. The lowest BCUT2D eigenvalue weighted by atomic mass is 9.88. The first kappa shape index (κ1) is 16.3. The third kappa shape index (κ3) is 4.04. The molecule has 0 atom stereocenters. The first-order chi connectivity index (χ1) is 11.8. The number of nitrogens with one attached hydrogen (secondary N) is 2. The van der Waals surface area contributed by atoms with Crippen LogP contribution in [0.2, 0.25) is 0 Å². The molecule has 0 bridgehead atoms.